The number of carbonyl (C=O) groups excluding carboxylic acids is 1. The van der Waals surface area contributed by atoms with E-state index in [1.165, 1.54) is 0 Å². The molecule has 0 heterocycles. The van der Waals surface area contributed by atoms with Crippen LogP contribution in [-0.4, -0.2) is 5.24 Å². The molecule has 0 fully saturated rings. The Labute approximate surface area is 136 Å². The number of carbonyl (C=O) groups is 1. The second-order valence-corrected chi connectivity index (χ2v) is 5.57. The van der Waals surface area contributed by atoms with Crippen LogP contribution < -0.4 is 4.74 Å². The van der Waals surface area contributed by atoms with Crippen molar-refractivity contribution in [2.45, 2.75) is 19.4 Å². The number of benzene rings is 2. The number of halogens is 1. The molecule has 0 saturated heterocycles. The van der Waals surface area contributed by atoms with Gasteiger partial charge in [-0.1, -0.05) is 55.5 Å². The quantitative estimate of drug-likeness (QED) is 0.534. The number of allylic oxidation sites excluding steroid dienone is 1. The molecule has 0 radical (unpaired) electrons. The molecule has 0 N–H and O–H groups in total. The first-order chi connectivity index (χ1) is 10.6. The van der Waals surface area contributed by atoms with E-state index in [1.54, 1.807) is 13.0 Å². The zero-order valence-electron chi connectivity index (χ0n) is 12.5. The lowest BCUT2D eigenvalue weighted by molar-refractivity contribution is -0.114. The van der Waals surface area contributed by atoms with Crippen LogP contribution in [0.15, 0.2) is 67.3 Å². The topological polar surface area (TPSA) is 26.3 Å². The van der Waals surface area contributed by atoms with E-state index in [4.69, 9.17) is 16.3 Å². The van der Waals surface area contributed by atoms with E-state index < -0.39 is 0 Å². The zero-order chi connectivity index (χ0) is 15.9. The van der Waals surface area contributed by atoms with E-state index in [2.05, 4.69) is 6.58 Å². The highest BCUT2D eigenvalue weighted by Gasteiger charge is 2.21. The lowest BCUT2D eigenvalue weighted by atomic mass is 9.88. The Morgan fingerprint density at radius 2 is 1.95 bits per heavy atom. The van der Waals surface area contributed by atoms with Gasteiger partial charge in [-0.25, -0.2) is 0 Å². The fourth-order valence-corrected chi connectivity index (χ4v) is 2.46. The van der Waals surface area contributed by atoms with Crippen LogP contribution in [0.3, 0.4) is 0 Å². The smallest absolute Gasteiger partial charge is 0.225 e. The second-order valence-electron chi connectivity index (χ2n) is 5.20. The molecule has 0 unspecified atom stereocenters. The Morgan fingerprint density at radius 3 is 2.59 bits per heavy atom. The summed E-state index contributed by atoms with van der Waals surface area (Å²) in [7, 11) is 0. The Bertz CT molecular complexity index is 637. The molecule has 0 amide bonds. The molecular formula is C19H19ClO2. The van der Waals surface area contributed by atoms with Crippen molar-refractivity contribution in [1.82, 2.24) is 0 Å². The number of hydrogen-bond acceptors (Lipinski definition) is 2. The molecule has 0 spiro atoms. The minimum absolute atomic E-state index is 0.120. The zero-order valence-corrected chi connectivity index (χ0v) is 13.3. The highest BCUT2D eigenvalue weighted by Crippen LogP contribution is 2.30. The highest BCUT2D eigenvalue weighted by atomic mass is 35.5. The molecule has 2 aromatic carbocycles. The molecule has 0 bridgehead atoms. The summed E-state index contributed by atoms with van der Waals surface area (Å²) in [5, 5.41) is -0.361. The van der Waals surface area contributed by atoms with Crippen molar-refractivity contribution in [3.63, 3.8) is 0 Å². The normalized spacial score (nSPS) is 13.2. The van der Waals surface area contributed by atoms with E-state index in [0.717, 1.165) is 16.9 Å². The van der Waals surface area contributed by atoms with Crippen molar-refractivity contribution in [1.29, 1.82) is 0 Å². The molecule has 2 aromatic rings. The maximum Gasteiger partial charge on any atom is 0.225 e. The van der Waals surface area contributed by atoms with Gasteiger partial charge < -0.3 is 4.74 Å². The van der Waals surface area contributed by atoms with Gasteiger partial charge in [-0.2, -0.15) is 0 Å². The van der Waals surface area contributed by atoms with Crippen LogP contribution in [0.5, 0.6) is 5.75 Å². The van der Waals surface area contributed by atoms with Gasteiger partial charge in [-0.05, 0) is 34.9 Å². The summed E-state index contributed by atoms with van der Waals surface area (Å²) in [5.41, 5.74) is 2.08. The van der Waals surface area contributed by atoms with Gasteiger partial charge in [0.15, 0.2) is 0 Å². The lowest BCUT2D eigenvalue weighted by Gasteiger charge is -2.18. The molecule has 114 valence electrons. The van der Waals surface area contributed by atoms with Crippen molar-refractivity contribution >= 4 is 16.8 Å². The highest BCUT2D eigenvalue weighted by molar-refractivity contribution is 6.64. The molecule has 2 rings (SSSR count). The average molecular weight is 315 g/mol. The predicted octanol–water partition coefficient (Wildman–Crippen LogP) is 4.94. The molecule has 3 heteroatoms. The van der Waals surface area contributed by atoms with Gasteiger partial charge in [0.05, 0.1) is 0 Å². The summed E-state index contributed by atoms with van der Waals surface area (Å²) < 4.78 is 5.82. The van der Waals surface area contributed by atoms with Crippen LogP contribution in [0.2, 0.25) is 0 Å². The number of hydrogen-bond donors (Lipinski definition) is 0. The molecule has 22 heavy (non-hydrogen) atoms. The van der Waals surface area contributed by atoms with Gasteiger partial charge in [0, 0.05) is 11.8 Å². The van der Waals surface area contributed by atoms with Gasteiger partial charge in [0.2, 0.25) is 5.24 Å². The molecule has 2 nitrogen and oxygen atoms in total. The van der Waals surface area contributed by atoms with E-state index >= 15 is 0 Å². The summed E-state index contributed by atoms with van der Waals surface area (Å²) in [4.78, 5) is 11.4. The SMILES string of the molecule is C=C[C@@H](c1cccc(OCc2ccccc2)c1)[C@@H](C)C(=O)Cl. The van der Waals surface area contributed by atoms with Gasteiger partial charge in [-0.15, -0.1) is 6.58 Å². The first kappa shape index (κ1) is 16.3. The Balaban J connectivity index is 2.12. The Kier molecular flexibility index (Phi) is 5.79. The first-order valence-corrected chi connectivity index (χ1v) is 7.58. The third-order valence-corrected chi connectivity index (χ3v) is 3.99. The minimum Gasteiger partial charge on any atom is -0.489 e. The summed E-state index contributed by atoms with van der Waals surface area (Å²) in [6.45, 7) is 6.12. The summed E-state index contributed by atoms with van der Waals surface area (Å²) in [6.07, 6.45) is 1.75. The number of rotatable bonds is 7. The monoisotopic (exact) mass is 314 g/mol. The van der Waals surface area contributed by atoms with Gasteiger partial charge in [-0.3, -0.25) is 4.79 Å². The van der Waals surface area contributed by atoms with Crippen LogP contribution in [0, 0.1) is 5.92 Å². The molecule has 0 aliphatic carbocycles. The van der Waals surface area contributed by atoms with Gasteiger partial charge in [0.1, 0.15) is 12.4 Å². The molecule has 0 saturated carbocycles. The van der Waals surface area contributed by atoms with Gasteiger partial charge >= 0.3 is 0 Å². The second kappa shape index (κ2) is 7.81. The van der Waals surface area contributed by atoms with Crippen molar-refractivity contribution in [3.05, 3.63) is 78.4 Å². The molecule has 0 aliphatic heterocycles. The largest absolute Gasteiger partial charge is 0.489 e. The third kappa shape index (κ3) is 4.22. The standard InChI is InChI=1S/C19H19ClO2/c1-3-18(14(2)19(20)21)16-10-7-11-17(12-16)22-13-15-8-5-4-6-9-15/h3-12,14,18H,1,13H2,2H3/t14-,18-/m1/s1. The van der Waals surface area contributed by atoms with Crippen molar-refractivity contribution in [2.75, 3.05) is 0 Å². The summed E-state index contributed by atoms with van der Waals surface area (Å²) in [6, 6.07) is 17.7. The maximum absolute atomic E-state index is 11.4. The van der Waals surface area contributed by atoms with E-state index in [9.17, 15) is 4.79 Å². The summed E-state index contributed by atoms with van der Waals surface area (Å²) >= 11 is 5.61. The predicted molar refractivity (Wildman–Crippen MR) is 90.2 cm³/mol. The van der Waals surface area contributed by atoms with Crippen LogP contribution in [0.1, 0.15) is 24.0 Å². The van der Waals surface area contributed by atoms with Gasteiger partial charge in [0.25, 0.3) is 0 Å². The van der Waals surface area contributed by atoms with Crippen molar-refractivity contribution in [3.8, 4) is 5.75 Å². The van der Waals surface area contributed by atoms with Crippen LogP contribution in [-0.2, 0) is 11.4 Å². The molecular weight excluding hydrogens is 296 g/mol. The molecule has 0 aromatic heterocycles. The Morgan fingerprint density at radius 1 is 1.23 bits per heavy atom. The fraction of sp³-hybridized carbons (Fsp3) is 0.211. The lowest BCUT2D eigenvalue weighted by Crippen LogP contribution is -2.13. The van der Waals surface area contributed by atoms with E-state index in [-0.39, 0.29) is 17.1 Å². The van der Waals surface area contributed by atoms with E-state index in [1.807, 2.05) is 54.6 Å². The van der Waals surface area contributed by atoms with Crippen molar-refractivity contribution < 1.29 is 9.53 Å². The van der Waals surface area contributed by atoms with Crippen LogP contribution in [0.25, 0.3) is 0 Å². The maximum atomic E-state index is 11.4. The molecule has 0 aliphatic rings. The molecule has 2 atom stereocenters. The van der Waals surface area contributed by atoms with E-state index in [0.29, 0.717) is 6.61 Å². The summed E-state index contributed by atoms with van der Waals surface area (Å²) in [5.74, 6) is 0.330. The minimum atomic E-state index is -0.361. The van der Waals surface area contributed by atoms with Crippen LogP contribution >= 0.6 is 11.6 Å². The number of ether oxygens (including phenoxy) is 1. The fourth-order valence-electron chi connectivity index (χ4n) is 2.32. The average Bonchev–Trinajstić information content (AvgIpc) is 2.55. The van der Waals surface area contributed by atoms with Crippen LogP contribution in [0.4, 0.5) is 0 Å². The third-order valence-electron chi connectivity index (χ3n) is 3.64. The Hall–Kier alpha value is -2.06. The van der Waals surface area contributed by atoms with Crippen molar-refractivity contribution in [2.24, 2.45) is 5.92 Å². The first-order valence-electron chi connectivity index (χ1n) is 7.20.